The van der Waals surface area contributed by atoms with Gasteiger partial charge in [0.25, 0.3) is 0 Å². The maximum atomic E-state index is 13.2. The lowest BCUT2D eigenvalue weighted by Crippen LogP contribution is -2.42. The summed E-state index contributed by atoms with van der Waals surface area (Å²) in [5, 5.41) is 10.1. The molecule has 0 radical (unpaired) electrons. The third kappa shape index (κ3) is 2.86. The van der Waals surface area contributed by atoms with Gasteiger partial charge in [-0.25, -0.2) is 0 Å². The third-order valence-corrected chi connectivity index (χ3v) is 10.5. The number of aliphatic carboxylic acids is 1. The zero-order valence-corrected chi connectivity index (χ0v) is 20.0. The van der Waals surface area contributed by atoms with E-state index < -0.39 is 24.3 Å². The van der Waals surface area contributed by atoms with Gasteiger partial charge < -0.3 is 19.6 Å². The summed E-state index contributed by atoms with van der Waals surface area (Å²) >= 11 is 2.78. The molecule has 11 heteroatoms. The number of nitrogens with zero attached hydrogens (tertiary/aromatic N) is 1. The molecule has 3 fully saturated rings. The van der Waals surface area contributed by atoms with Crippen molar-refractivity contribution in [3.8, 4) is 11.5 Å². The van der Waals surface area contributed by atoms with Crippen LogP contribution in [0, 0.1) is 29.6 Å². The molecule has 2 aromatic rings. The molecule has 2 amide bonds. The quantitative estimate of drug-likeness (QED) is 0.595. The lowest BCUT2D eigenvalue weighted by atomic mass is 9.68. The van der Waals surface area contributed by atoms with E-state index in [1.165, 1.54) is 11.3 Å². The highest BCUT2D eigenvalue weighted by Crippen LogP contribution is 2.68. The number of imide groups is 1. The van der Waals surface area contributed by atoms with Crippen molar-refractivity contribution in [3.05, 3.63) is 38.3 Å². The number of ether oxygens (including phenoxy) is 2. The van der Waals surface area contributed by atoms with Crippen LogP contribution in [0.15, 0.2) is 28.0 Å². The van der Waals surface area contributed by atoms with Gasteiger partial charge in [0.2, 0.25) is 11.8 Å². The van der Waals surface area contributed by atoms with Crippen molar-refractivity contribution in [1.82, 2.24) is 9.88 Å². The topological polar surface area (TPSA) is 126 Å². The number of likely N-dealkylation sites (tertiary alicyclic amines) is 1. The van der Waals surface area contributed by atoms with Crippen molar-refractivity contribution in [1.29, 1.82) is 0 Å². The van der Waals surface area contributed by atoms with Crippen LogP contribution in [0.1, 0.15) is 22.8 Å². The van der Waals surface area contributed by atoms with E-state index in [-0.39, 0.29) is 45.6 Å². The van der Waals surface area contributed by atoms with Gasteiger partial charge in [0, 0.05) is 16.0 Å². The number of aromatic nitrogens is 1. The average Bonchev–Trinajstić information content (AvgIpc) is 3.54. The number of benzene rings is 1. The van der Waals surface area contributed by atoms with E-state index in [1.807, 2.05) is 18.2 Å². The van der Waals surface area contributed by atoms with Crippen LogP contribution in [0.5, 0.6) is 11.5 Å². The Morgan fingerprint density at radius 1 is 1.12 bits per heavy atom. The Labute approximate surface area is 202 Å². The highest BCUT2D eigenvalue weighted by atomic mass is 32.2. The van der Waals surface area contributed by atoms with Gasteiger partial charge in [-0.3, -0.25) is 24.1 Å². The molecule has 7 atom stereocenters. The number of fused-ring (bicyclic) bond motifs is 9. The standard InChI is InChI=1S/C23H22N2O7S2/c1-31-11-4-3-8(5-12(11)32-2)14-15-9-6-10(18(15)33-20-19(14)34-23(30)24-20)17-16(9)21(28)25(22(17)29)7-13(26)27/h3-5,9-10,14-18H,6-7H2,1-2H3,(H,24,30)(H,26,27). The van der Waals surface area contributed by atoms with Crippen molar-refractivity contribution in [3.63, 3.8) is 0 Å². The zero-order chi connectivity index (χ0) is 23.9. The van der Waals surface area contributed by atoms with Gasteiger partial charge in [-0.1, -0.05) is 17.4 Å². The average molecular weight is 503 g/mol. The van der Waals surface area contributed by atoms with Crippen LogP contribution in [-0.2, 0) is 14.4 Å². The van der Waals surface area contributed by atoms with E-state index in [4.69, 9.17) is 9.47 Å². The molecular weight excluding hydrogens is 480 g/mol. The molecule has 2 aliphatic heterocycles. The summed E-state index contributed by atoms with van der Waals surface area (Å²) in [7, 11) is 3.14. The minimum absolute atomic E-state index is 0.0369. The van der Waals surface area contributed by atoms with Crippen molar-refractivity contribution in [2.75, 3.05) is 20.8 Å². The van der Waals surface area contributed by atoms with E-state index in [9.17, 15) is 24.3 Å². The number of rotatable bonds is 5. The minimum atomic E-state index is -1.19. The molecule has 34 heavy (non-hydrogen) atoms. The Bertz CT molecular complexity index is 1290. The number of carboxylic acid groups (broad SMARTS) is 1. The molecule has 2 saturated carbocycles. The molecule has 2 aliphatic carbocycles. The van der Waals surface area contributed by atoms with Crippen molar-refractivity contribution >= 4 is 40.9 Å². The number of hydrogen-bond donors (Lipinski definition) is 2. The van der Waals surface area contributed by atoms with E-state index in [0.29, 0.717) is 11.5 Å². The summed E-state index contributed by atoms with van der Waals surface area (Å²) in [4.78, 5) is 54.6. The molecule has 9 nitrogen and oxygen atoms in total. The summed E-state index contributed by atoms with van der Waals surface area (Å²) in [5.74, 6) is -1.93. The molecule has 1 aromatic carbocycles. The number of carboxylic acids is 1. The van der Waals surface area contributed by atoms with Crippen LogP contribution in [0.4, 0.5) is 0 Å². The monoisotopic (exact) mass is 502 g/mol. The van der Waals surface area contributed by atoms with Crippen molar-refractivity contribution in [2.24, 2.45) is 29.6 Å². The third-order valence-electron chi connectivity index (χ3n) is 7.88. The zero-order valence-electron chi connectivity index (χ0n) is 18.3. The highest BCUT2D eigenvalue weighted by molar-refractivity contribution is 8.00. The van der Waals surface area contributed by atoms with Gasteiger partial charge in [-0.2, -0.15) is 0 Å². The lowest BCUT2D eigenvalue weighted by molar-refractivity contribution is -0.149. The highest BCUT2D eigenvalue weighted by Gasteiger charge is 2.69. The Kier molecular flexibility index (Phi) is 4.86. The van der Waals surface area contributed by atoms with E-state index >= 15 is 0 Å². The smallest absolute Gasteiger partial charge is 0.323 e. The van der Waals surface area contributed by atoms with Crippen LogP contribution in [0.3, 0.4) is 0 Å². The van der Waals surface area contributed by atoms with Crippen LogP contribution >= 0.6 is 23.1 Å². The number of thioether (sulfide) groups is 1. The normalized spacial score (nSPS) is 33.0. The summed E-state index contributed by atoms with van der Waals surface area (Å²) in [6.07, 6.45) is 0.749. The molecule has 0 spiro atoms. The number of H-pyrrole nitrogens is 1. The molecule has 1 saturated heterocycles. The van der Waals surface area contributed by atoms with Crippen LogP contribution in [-0.4, -0.2) is 58.8 Å². The molecule has 3 heterocycles. The molecule has 2 bridgehead atoms. The van der Waals surface area contributed by atoms with Crippen LogP contribution < -0.4 is 14.3 Å². The van der Waals surface area contributed by atoms with Crippen molar-refractivity contribution in [2.45, 2.75) is 22.6 Å². The maximum Gasteiger partial charge on any atom is 0.323 e. The number of aromatic amines is 1. The van der Waals surface area contributed by atoms with Crippen LogP contribution in [0.25, 0.3) is 0 Å². The maximum absolute atomic E-state index is 13.2. The Morgan fingerprint density at radius 3 is 2.50 bits per heavy atom. The number of hydrogen-bond acceptors (Lipinski definition) is 8. The molecule has 4 aliphatic rings. The Hall–Kier alpha value is -2.79. The number of amides is 2. The summed E-state index contributed by atoms with van der Waals surface area (Å²) in [6.45, 7) is -0.591. The van der Waals surface area contributed by atoms with Gasteiger partial charge >= 0.3 is 10.8 Å². The summed E-state index contributed by atoms with van der Waals surface area (Å²) < 4.78 is 10.9. The van der Waals surface area contributed by atoms with Gasteiger partial charge in [0.1, 0.15) is 6.54 Å². The summed E-state index contributed by atoms with van der Waals surface area (Å²) in [6, 6.07) is 5.73. The predicted molar refractivity (Wildman–Crippen MR) is 122 cm³/mol. The second-order valence-electron chi connectivity index (χ2n) is 9.23. The SMILES string of the molecule is COc1ccc(C2c3sc(=O)[nH]c3SC3C4CC(C5C(=O)N(CC(=O)O)C(=O)C45)C23)cc1OC. The Balaban J connectivity index is 1.46. The van der Waals surface area contributed by atoms with Gasteiger partial charge in [-0.05, 0) is 41.9 Å². The van der Waals surface area contributed by atoms with E-state index in [0.717, 1.165) is 26.8 Å². The first kappa shape index (κ1) is 21.7. The number of methoxy groups -OCH3 is 2. The molecule has 6 rings (SSSR count). The van der Waals surface area contributed by atoms with Crippen molar-refractivity contribution < 1.29 is 29.0 Å². The second kappa shape index (κ2) is 7.61. The fourth-order valence-electron chi connectivity index (χ4n) is 6.79. The first-order chi connectivity index (χ1) is 16.3. The Morgan fingerprint density at radius 2 is 1.82 bits per heavy atom. The molecular formula is C23H22N2O7S2. The first-order valence-electron chi connectivity index (χ1n) is 11.0. The number of carbonyl (C=O) groups is 3. The fourth-order valence-corrected chi connectivity index (χ4v) is 9.68. The molecule has 2 N–H and O–H groups in total. The van der Waals surface area contributed by atoms with Crippen LogP contribution in [0.2, 0.25) is 0 Å². The van der Waals surface area contributed by atoms with E-state index in [2.05, 4.69) is 4.98 Å². The number of thiazole rings is 1. The lowest BCUT2D eigenvalue weighted by Gasteiger charge is -2.43. The molecule has 7 unspecified atom stereocenters. The first-order valence-corrected chi connectivity index (χ1v) is 12.7. The molecule has 178 valence electrons. The van der Waals surface area contributed by atoms with E-state index in [1.54, 1.807) is 26.0 Å². The van der Waals surface area contributed by atoms with Gasteiger partial charge in [0.05, 0.1) is 31.1 Å². The number of nitrogens with one attached hydrogen (secondary N) is 1. The summed E-state index contributed by atoms with van der Waals surface area (Å²) in [5.41, 5.74) is 0.965. The largest absolute Gasteiger partial charge is 0.493 e. The molecule has 1 aromatic heterocycles. The van der Waals surface area contributed by atoms with Gasteiger partial charge in [-0.15, -0.1) is 11.8 Å². The second-order valence-corrected chi connectivity index (χ2v) is 11.4. The number of carbonyl (C=O) groups excluding carboxylic acids is 2. The predicted octanol–water partition coefficient (Wildman–Crippen LogP) is 2.01. The van der Waals surface area contributed by atoms with Gasteiger partial charge in [0.15, 0.2) is 11.5 Å². The fraction of sp³-hybridized carbons (Fsp3) is 0.478. The minimum Gasteiger partial charge on any atom is -0.493 e.